The lowest BCUT2D eigenvalue weighted by Gasteiger charge is -2.28. The van der Waals surface area contributed by atoms with E-state index in [1.54, 1.807) is 0 Å². The molecule has 0 atom stereocenters. The summed E-state index contributed by atoms with van der Waals surface area (Å²) in [6.45, 7) is 0. The number of nitrogens with zero attached hydrogens (tertiary/aromatic N) is 2. The van der Waals surface area contributed by atoms with Crippen molar-refractivity contribution in [1.82, 2.24) is 15.2 Å². The lowest BCUT2D eigenvalue weighted by molar-refractivity contribution is -0.182. The van der Waals surface area contributed by atoms with Gasteiger partial charge in [0, 0.05) is 11.8 Å². The molecule has 0 saturated heterocycles. The van der Waals surface area contributed by atoms with Crippen molar-refractivity contribution in [2.45, 2.75) is 56.5 Å². The zero-order valence-corrected chi connectivity index (χ0v) is 10.0. The second-order valence-electron chi connectivity index (χ2n) is 5.44. The van der Waals surface area contributed by atoms with E-state index in [4.69, 9.17) is 0 Å². The van der Waals surface area contributed by atoms with E-state index >= 15 is 0 Å². The molecule has 0 amide bonds. The second-order valence-corrected chi connectivity index (χ2v) is 5.44. The van der Waals surface area contributed by atoms with Crippen LogP contribution in [0.4, 0.5) is 13.2 Å². The van der Waals surface area contributed by atoms with E-state index in [0.717, 1.165) is 24.5 Å². The smallest absolute Gasteiger partial charge is 0.263 e. The van der Waals surface area contributed by atoms with E-state index in [2.05, 4.69) is 15.2 Å². The number of aromatic nitrogens is 3. The summed E-state index contributed by atoms with van der Waals surface area (Å²) in [6.07, 6.45) is -0.212. The molecule has 100 valence electrons. The minimum atomic E-state index is -4.04. The molecule has 0 bridgehead atoms. The molecule has 3 nitrogen and oxygen atoms in total. The fraction of sp³-hybridized carbons (Fsp3) is 0.833. The molecule has 0 spiro atoms. The Morgan fingerprint density at radius 2 is 1.56 bits per heavy atom. The Balaban J connectivity index is 1.61. The van der Waals surface area contributed by atoms with Gasteiger partial charge in [0.15, 0.2) is 5.82 Å². The molecule has 0 aliphatic heterocycles. The summed E-state index contributed by atoms with van der Waals surface area (Å²) in [5.74, 6) is 1.13. The van der Waals surface area contributed by atoms with Crippen molar-refractivity contribution in [3.05, 3.63) is 11.6 Å². The van der Waals surface area contributed by atoms with Gasteiger partial charge in [-0.15, -0.1) is 0 Å². The van der Waals surface area contributed by atoms with Gasteiger partial charge in [-0.2, -0.15) is 18.3 Å². The number of rotatable bonds is 2. The van der Waals surface area contributed by atoms with Crippen LogP contribution in [0.1, 0.15) is 62.0 Å². The number of aromatic amines is 1. The van der Waals surface area contributed by atoms with Gasteiger partial charge in [0.25, 0.3) is 0 Å². The molecule has 1 N–H and O–H groups in total. The van der Waals surface area contributed by atoms with Crippen molar-refractivity contribution >= 4 is 0 Å². The summed E-state index contributed by atoms with van der Waals surface area (Å²) in [5.41, 5.74) is 0. The molecule has 2 fully saturated rings. The van der Waals surface area contributed by atoms with Crippen LogP contribution in [0.25, 0.3) is 0 Å². The van der Waals surface area contributed by atoms with Crippen LogP contribution in [0.15, 0.2) is 0 Å². The van der Waals surface area contributed by atoms with Crippen molar-refractivity contribution in [2.24, 2.45) is 5.92 Å². The molecule has 1 heterocycles. The lowest BCUT2D eigenvalue weighted by Crippen LogP contribution is -2.27. The SMILES string of the molecule is FC(F)(F)C1CCC(c2nc(C3CC3)n[nH]2)CC1. The predicted octanol–water partition coefficient (Wildman–Crippen LogP) is 3.52. The zero-order chi connectivity index (χ0) is 12.8. The third-order valence-corrected chi connectivity index (χ3v) is 4.04. The van der Waals surface area contributed by atoms with Crippen LogP contribution in [0.5, 0.6) is 0 Å². The Bertz CT molecular complexity index is 414. The van der Waals surface area contributed by atoms with Crippen LogP contribution < -0.4 is 0 Å². The van der Waals surface area contributed by atoms with Crippen molar-refractivity contribution in [3.8, 4) is 0 Å². The molecule has 3 rings (SSSR count). The van der Waals surface area contributed by atoms with E-state index < -0.39 is 12.1 Å². The second kappa shape index (κ2) is 4.24. The van der Waals surface area contributed by atoms with Gasteiger partial charge in [0.1, 0.15) is 5.82 Å². The molecular formula is C12H16F3N3. The highest BCUT2D eigenvalue weighted by Crippen LogP contribution is 2.43. The van der Waals surface area contributed by atoms with Crippen LogP contribution in [0.2, 0.25) is 0 Å². The molecule has 2 aliphatic carbocycles. The van der Waals surface area contributed by atoms with Gasteiger partial charge < -0.3 is 0 Å². The highest BCUT2D eigenvalue weighted by Gasteiger charge is 2.42. The van der Waals surface area contributed by atoms with E-state index in [1.165, 1.54) is 0 Å². The largest absolute Gasteiger partial charge is 0.391 e. The average Bonchev–Trinajstić information content (AvgIpc) is 3.06. The number of hydrogen-bond donors (Lipinski definition) is 1. The van der Waals surface area contributed by atoms with E-state index in [9.17, 15) is 13.2 Å². The van der Waals surface area contributed by atoms with Gasteiger partial charge in [-0.25, -0.2) is 4.98 Å². The van der Waals surface area contributed by atoms with Crippen LogP contribution in [-0.4, -0.2) is 21.4 Å². The molecule has 0 radical (unpaired) electrons. The predicted molar refractivity (Wildman–Crippen MR) is 59.1 cm³/mol. The Hall–Kier alpha value is -1.07. The lowest BCUT2D eigenvalue weighted by atomic mass is 9.81. The standard InChI is InChI=1S/C12H16F3N3/c13-12(14,15)9-5-3-8(4-6-9)11-16-10(17-18-11)7-1-2-7/h7-9H,1-6H2,(H,16,17,18). The molecular weight excluding hydrogens is 243 g/mol. The number of hydrogen-bond acceptors (Lipinski definition) is 2. The average molecular weight is 259 g/mol. The number of nitrogens with one attached hydrogen (secondary N) is 1. The van der Waals surface area contributed by atoms with E-state index in [-0.39, 0.29) is 18.8 Å². The fourth-order valence-electron chi connectivity index (χ4n) is 2.69. The van der Waals surface area contributed by atoms with Gasteiger partial charge in [-0.3, -0.25) is 5.10 Å². The molecule has 2 saturated carbocycles. The van der Waals surface area contributed by atoms with Gasteiger partial charge in [-0.05, 0) is 38.5 Å². The molecule has 18 heavy (non-hydrogen) atoms. The Morgan fingerprint density at radius 1 is 0.944 bits per heavy atom. The summed E-state index contributed by atoms with van der Waals surface area (Å²) < 4.78 is 37.7. The first kappa shape index (κ1) is 12.0. The minimum Gasteiger partial charge on any atom is -0.263 e. The first-order valence-corrected chi connectivity index (χ1v) is 6.53. The Kier molecular flexibility index (Phi) is 2.83. The number of alkyl halides is 3. The van der Waals surface area contributed by atoms with E-state index in [1.807, 2.05) is 0 Å². The number of H-pyrrole nitrogens is 1. The minimum absolute atomic E-state index is 0.128. The zero-order valence-electron chi connectivity index (χ0n) is 10.0. The molecule has 2 aliphatic rings. The van der Waals surface area contributed by atoms with Crippen LogP contribution >= 0.6 is 0 Å². The summed E-state index contributed by atoms with van der Waals surface area (Å²) >= 11 is 0. The maximum atomic E-state index is 12.6. The Labute approximate surface area is 103 Å². The summed E-state index contributed by atoms with van der Waals surface area (Å²) in [6, 6.07) is 0. The van der Waals surface area contributed by atoms with Gasteiger partial charge in [0.05, 0.1) is 5.92 Å². The van der Waals surface area contributed by atoms with Gasteiger partial charge >= 0.3 is 6.18 Å². The van der Waals surface area contributed by atoms with Crippen molar-refractivity contribution in [1.29, 1.82) is 0 Å². The van der Waals surface area contributed by atoms with Crippen molar-refractivity contribution in [2.75, 3.05) is 0 Å². The third-order valence-electron chi connectivity index (χ3n) is 4.04. The van der Waals surface area contributed by atoms with Gasteiger partial charge in [0.2, 0.25) is 0 Å². The topological polar surface area (TPSA) is 41.6 Å². The third kappa shape index (κ3) is 2.37. The molecule has 6 heteroatoms. The molecule has 1 aromatic rings. The Morgan fingerprint density at radius 3 is 2.11 bits per heavy atom. The van der Waals surface area contributed by atoms with E-state index in [0.29, 0.717) is 18.8 Å². The molecule has 0 aromatic carbocycles. The number of halogens is 3. The normalized spacial score (nSPS) is 29.5. The highest BCUT2D eigenvalue weighted by molar-refractivity contribution is 5.08. The van der Waals surface area contributed by atoms with Crippen molar-refractivity contribution in [3.63, 3.8) is 0 Å². The molecule has 0 unspecified atom stereocenters. The van der Waals surface area contributed by atoms with Crippen molar-refractivity contribution < 1.29 is 13.2 Å². The summed E-state index contributed by atoms with van der Waals surface area (Å²) in [5, 5.41) is 7.07. The monoisotopic (exact) mass is 259 g/mol. The first-order valence-electron chi connectivity index (χ1n) is 6.53. The van der Waals surface area contributed by atoms with Crippen LogP contribution in [0, 0.1) is 5.92 Å². The molecule has 1 aromatic heterocycles. The first-order chi connectivity index (χ1) is 8.54. The van der Waals surface area contributed by atoms with Crippen LogP contribution in [-0.2, 0) is 0 Å². The summed E-state index contributed by atoms with van der Waals surface area (Å²) in [7, 11) is 0. The summed E-state index contributed by atoms with van der Waals surface area (Å²) in [4.78, 5) is 4.44. The maximum Gasteiger partial charge on any atom is 0.391 e. The van der Waals surface area contributed by atoms with Crippen LogP contribution in [0.3, 0.4) is 0 Å². The quantitative estimate of drug-likeness (QED) is 0.882. The maximum absolute atomic E-state index is 12.6. The van der Waals surface area contributed by atoms with Gasteiger partial charge in [-0.1, -0.05) is 0 Å². The highest BCUT2D eigenvalue weighted by atomic mass is 19.4. The fourth-order valence-corrected chi connectivity index (χ4v) is 2.69.